The molecule has 10 atom stereocenters. The first kappa shape index (κ1) is 40.2. The second kappa shape index (κ2) is 15.5. The van der Waals surface area contributed by atoms with Gasteiger partial charge in [0.05, 0.1) is 25.9 Å². The number of aliphatic hydroxyl groups is 1. The maximum Gasteiger partial charge on any atom is 0.386 e. The Kier molecular flexibility index (Phi) is 10.9. The molecule has 3 aliphatic heterocycles. The van der Waals surface area contributed by atoms with E-state index in [1.165, 1.54) is 10.9 Å². The SMILES string of the molecule is CN(C)Cc1ccccc1C(=O)Nc1ncnc2c1ncn2[C@@H]1O[C@@H]2CO[P@@](=O)(S)O[C@H]3C(n4cc(F)c5c(=O)[nH]cnc54)O[C@H](CO[P@@](=O)(S)O[C@H]2[C@H]1F)[C@H]3O. The molecular formula is C31H33F2N9O11P2S2. The monoisotopic (exact) mass is 871 g/mol. The lowest BCUT2D eigenvalue weighted by molar-refractivity contribution is -0.0568. The predicted octanol–water partition coefficient (Wildman–Crippen LogP) is 3.40. The number of fused-ring (bicyclic) bond motifs is 5. The Hall–Kier alpha value is -3.64. The van der Waals surface area contributed by atoms with Gasteiger partial charge in [0, 0.05) is 18.3 Å². The first-order valence-electron chi connectivity index (χ1n) is 17.0. The van der Waals surface area contributed by atoms with Gasteiger partial charge in [0.2, 0.25) is 0 Å². The lowest BCUT2D eigenvalue weighted by Crippen LogP contribution is -2.35. The highest BCUT2D eigenvalue weighted by Gasteiger charge is 2.54. The molecule has 0 spiro atoms. The van der Waals surface area contributed by atoms with Gasteiger partial charge in [-0.3, -0.25) is 32.3 Å². The number of nitrogens with one attached hydrogen (secondary N) is 2. The molecule has 7 heterocycles. The summed E-state index contributed by atoms with van der Waals surface area (Å²) >= 11 is 8.09. The highest BCUT2D eigenvalue weighted by molar-refractivity contribution is 8.44. The minimum Gasteiger partial charge on any atom is -0.387 e. The van der Waals surface area contributed by atoms with Crippen LogP contribution in [0.4, 0.5) is 14.6 Å². The van der Waals surface area contributed by atoms with E-state index in [0.29, 0.717) is 12.1 Å². The molecule has 304 valence electrons. The van der Waals surface area contributed by atoms with Crippen LogP contribution in [0.3, 0.4) is 0 Å². The summed E-state index contributed by atoms with van der Waals surface area (Å²) in [5.41, 5.74) is 0.276. The number of halogens is 2. The number of aliphatic hydroxyl groups excluding tert-OH is 1. The minimum atomic E-state index is -4.54. The third-order valence-electron chi connectivity index (χ3n) is 9.35. The van der Waals surface area contributed by atoms with Crippen LogP contribution in [0.5, 0.6) is 0 Å². The van der Waals surface area contributed by atoms with E-state index in [1.54, 1.807) is 12.1 Å². The fourth-order valence-electron chi connectivity index (χ4n) is 6.84. The lowest BCUT2D eigenvalue weighted by Gasteiger charge is -2.26. The van der Waals surface area contributed by atoms with E-state index in [1.807, 2.05) is 31.1 Å². The number of aromatic amines is 1. The molecule has 4 aromatic heterocycles. The third kappa shape index (κ3) is 7.81. The summed E-state index contributed by atoms with van der Waals surface area (Å²) in [6, 6.07) is 7.03. The smallest absolute Gasteiger partial charge is 0.386 e. The molecule has 1 aromatic carbocycles. The van der Waals surface area contributed by atoms with Gasteiger partial charge in [-0.15, -0.1) is 0 Å². The number of hydrogen-bond acceptors (Lipinski definition) is 16. The molecule has 3 N–H and O–H groups in total. The van der Waals surface area contributed by atoms with E-state index in [2.05, 4.69) is 54.7 Å². The maximum atomic E-state index is 16.5. The van der Waals surface area contributed by atoms with Crippen LogP contribution in [-0.4, -0.2) is 114 Å². The number of aromatic nitrogens is 7. The molecule has 26 heteroatoms. The van der Waals surface area contributed by atoms with Crippen LogP contribution in [-0.2, 0) is 43.2 Å². The number of rotatable bonds is 6. The number of ether oxygens (including phenoxy) is 2. The lowest BCUT2D eigenvalue weighted by atomic mass is 10.1. The van der Waals surface area contributed by atoms with Crippen molar-refractivity contribution in [1.82, 2.24) is 39.0 Å². The first-order valence-corrected chi connectivity index (χ1v) is 22.4. The van der Waals surface area contributed by atoms with Crippen molar-refractivity contribution >= 4 is 72.0 Å². The van der Waals surface area contributed by atoms with Crippen molar-refractivity contribution in [2.75, 3.05) is 32.6 Å². The Labute approximate surface area is 330 Å². The fourth-order valence-corrected chi connectivity index (χ4v) is 9.78. The molecular weight excluding hydrogens is 838 g/mol. The Bertz CT molecular complexity index is 2510. The summed E-state index contributed by atoms with van der Waals surface area (Å²) in [5.74, 6) is -1.43. The van der Waals surface area contributed by atoms with E-state index in [4.69, 9.17) is 27.6 Å². The van der Waals surface area contributed by atoms with Crippen LogP contribution >= 0.6 is 38.1 Å². The molecule has 5 aromatic rings. The number of anilines is 1. The van der Waals surface area contributed by atoms with Crippen molar-refractivity contribution in [3.63, 3.8) is 0 Å². The van der Waals surface area contributed by atoms with Gasteiger partial charge in [-0.05, 0) is 25.7 Å². The van der Waals surface area contributed by atoms with Crippen LogP contribution in [0.2, 0.25) is 0 Å². The van der Waals surface area contributed by atoms with Crippen molar-refractivity contribution < 1.29 is 55.4 Å². The van der Waals surface area contributed by atoms with E-state index in [-0.39, 0.29) is 22.6 Å². The quantitative estimate of drug-likeness (QED) is 0.121. The molecule has 0 saturated carbocycles. The molecule has 0 aliphatic carbocycles. The van der Waals surface area contributed by atoms with Gasteiger partial charge >= 0.3 is 13.6 Å². The van der Waals surface area contributed by atoms with Crippen LogP contribution in [0.15, 0.2) is 54.2 Å². The molecule has 3 fully saturated rings. The molecule has 1 amide bonds. The summed E-state index contributed by atoms with van der Waals surface area (Å²) in [7, 11) is 3.74. The molecule has 3 saturated heterocycles. The topological polar surface area (TPSA) is 236 Å². The molecule has 1 unspecified atom stereocenters. The Morgan fingerprint density at radius 3 is 2.46 bits per heavy atom. The Morgan fingerprint density at radius 1 is 1.00 bits per heavy atom. The van der Waals surface area contributed by atoms with Crippen LogP contribution in [0.1, 0.15) is 28.4 Å². The van der Waals surface area contributed by atoms with Crippen LogP contribution in [0.25, 0.3) is 22.2 Å². The highest BCUT2D eigenvalue weighted by atomic mass is 32.7. The first-order chi connectivity index (χ1) is 27.1. The zero-order valence-corrected chi connectivity index (χ0v) is 33.1. The van der Waals surface area contributed by atoms with Gasteiger partial charge in [-0.25, -0.2) is 37.8 Å². The van der Waals surface area contributed by atoms with Gasteiger partial charge in [0.25, 0.3) is 11.5 Å². The molecule has 8 rings (SSSR count). The van der Waals surface area contributed by atoms with Crippen molar-refractivity contribution in [2.24, 2.45) is 0 Å². The Balaban J connectivity index is 1.06. The predicted molar refractivity (Wildman–Crippen MR) is 201 cm³/mol. The fraction of sp³-hybridized carbons (Fsp3) is 0.419. The van der Waals surface area contributed by atoms with Crippen molar-refractivity contribution in [3.05, 3.63) is 76.7 Å². The normalized spacial score (nSPS) is 32.2. The van der Waals surface area contributed by atoms with Crippen molar-refractivity contribution in [1.29, 1.82) is 0 Å². The highest BCUT2D eigenvalue weighted by Crippen LogP contribution is 2.60. The van der Waals surface area contributed by atoms with E-state index < -0.39 is 98.6 Å². The number of alkyl halides is 1. The summed E-state index contributed by atoms with van der Waals surface area (Å²) in [5, 5.41) is 13.5. The van der Waals surface area contributed by atoms with Crippen molar-refractivity contribution in [3.8, 4) is 0 Å². The van der Waals surface area contributed by atoms with Gasteiger partial charge in [-0.2, -0.15) is 0 Å². The number of carbonyl (C=O) groups excluding carboxylic acids is 1. The summed E-state index contributed by atoms with van der Waals surface area (Å²) < 4.78 is 95.1. The standard InChI is InChI=1S/C31H33F2N9O11P2S2/c1-40(2)7-14-5-3-4-6-15(14)28(44)39-25-21-27(36-11-34-25)42(13-38-21)30-20(33)23-18(51-30)10-49-55(47,57)53-24-22(43)17(9-48-54(46,56)52-23)50-31(24)41-8-16(32)19-26(41)35-12-37-29(19)45/h3-6,8,11-13,17-18,20,22-24,30-31,43H,7,9-10H2,1-2H3,(H,46,56)(H,47,57)(H,35,37,45)(H,34,36,39,44)/t17-,18-,20-,22-,23-,24-,30-,31?,54-,55-/m1/s1. The minimum absolute atomic E-state index is 0.0240. The van der Waals surface area contributed by atoms with Gasteiger partial charge in [0.1, 0.15) is 42.2 Å². The number of carbonyl (C=O) groups is 1. The van der Waals surface area contributed by atoms with E-state index in [0.717, 1.165) is 29.0 Å². The third-order valence-corrected chi connectivity index (χ3v) is 12.6. The number of imidazole rings is 1. The number of H-pyrrole nitrogens is 1. The average molecular weight is 872 g/mol. The second-order valence-corrected chi connectivity index (χ2v) is 19.2. The summed E-state index contributed by atoms with van der Waals surface area (Å²) in [4.78, 5) is 46.6. The van der Waals surface area contributed by atoms with E-state index >= 15 is 4.39 Å². The average Bonchev–Trinajstić information content (AvgIpc) is 3.89. The second-order valence-electron chi connectivity index (χ2n) is 13.4. The number of hydrogen-bond donors (Lipinski definition) is 5. The molecule has 0 radical (unpaired) electrons. The number of benzene rings is 1. The van der Waals surface area contributed by atoms with Gasteiger partial charge in [0.15, 0.2) is 47.1 Å². The summed E-state index contributed by atoms with van der Waals surface area (Å²) in [6.07, 6.45) is -8.98. The maximum absolute atomic E-state index is 16.5. The largest absolute Gasteiger partial charge is 0.387 e. The molecule has 57 heavy (non-hydrogen) atoms. The number of nitrogens with zero attached hydrogens (tertiary/aromatic N) is 7. The summed E-state index contributed by atoms with van der Waals surface area (Å²) in [6.45, 7) is -10.0. The zero-order chi connectivity index (χ0) is 40.4. The van der Waals surface area contributed by atoms with Gasteiger partial charge in [-0.1, -0.05) is 42.7 Å². The van der Waals surface area contributed by atoms with Crippen molar-refractivity contribution in [2.45, 2.75) is 55.7 Å². The van der Waals surface area contributed by atoms with Crippen LogP contribution < -0.4 is 10.9 Å². The number of amides is 1. The molecule has 20 nitrogen and oxygen atoms in total. The zero-order valence-electron chi connectivity index (χ0n) is 29.6. The van der Waals surface area contributed by atoms with Crippen LogP contribution in [0, 0.1) is 5.82 Å². The Morgan fingerprint density at radius 2 is 1.70 bits per heavy atom. The van der Waals surface area contributed by atoms with E-state index in [9.17, 15) is 28.2 Å². The molecule has 2 bridgehead atoms. The number of thiol groups is 2. The molecule has 3 aliphatic rings. The van der Waals surface area contributed by atoms with Gasteiger partial charge < -0.3 is 34.3 Å².